The molecule has 1 heterocycles. The van der Waals surface area contributed by atoms with Gasteiger partial charge >= 0.3 is 0 Å². The standard InChI is InChI=1S/C25H33N2/c1-2-3-4-5-12-17-26-18-19-27(22-26)21-25(24-15-10-7-11-16-24)20-23-13-8-6-9-14-23/h6-11,13-16,18-19,22,25H,2-5,12,17,20-21H2,1H3/q+1. The summed E-state index contributed by atoms with van der Waals surface area (Å²) >= 11 is 0. The maximum atomic E-state index is 2.35. The van der Waals surface area contributed by atoms with E-state index >= 15 is 0 Å². The van der Waals surface area contributed by atoms with Gasteiger partial charge in [-0.3, -0.25) is 0 Å². The van der Waals surface area contributed by atoms with Crippen molar-refractivity contribution in [2.24, 2.45) is 0 Å². The summed E-state index contributed by atoms with van der Waals surface area (Å²) < 4.78 is 4.70. The lowest BCUT2D eigenvalue weighted by atomic mass is 9.92. The van der Waals surface area contributed by atoms with Crippen LogP contribution in [0.5, 0.6) is 0 Å². The topological polar surface area (TPSA) is 8.81 Å². The van der Waals surface area contributed by atoms with Crippen LogP contribution in [0.15, 0.2) is 79.4 Å². The molecule has 0 aliphatic heterocycles. The van der Waals surface area contributed by atoms with E-state index in [2.05, 4.69) is 95.4 Å². The summed E-state index contributed by atoms with van der Waals surface area (Å²) in [5.74, 6) is 0.485. The third-order valence-electron chi connectivity index (χ3n) is 5.29. The van der Waals surface area contributed by atoms with Crippen LogP contribution < -0.4 is 4.57 Å². The van der Waals surface area contributed by atoms with Gasteiger partial charge in [0.2, 0.25) is 6.33 Å². The molecule has 142 valence electrons. The molecule has 0 N–H and O–H groups in total. The summed E-state index contributed by atoms with van der Waals surface area (Å²) in [5, 5.41) is 0. The zero-order valence-corrected chi connectivity index (χ0v) is 16.6. The van der Waals surface area contributed by atoms with E-state index in [0.29, 0.717) is 5.92 Å². The van der Waals surface area contributed by atoms with Gasteiger partial charge in [-0.05, 0) is 30.4 Å². The van der Waals surface area contributed by atoms with Crippen molar-refractivity contribution >= 4 is 0 Å². The molecule has 0 radical (unpaired) electrons. The first kappa shape index (κ1) is 19.4. The van der Waals surface area contributed by atoms with E-state index in [4.69, 9.17) is 0 Å². The minimum absolute atomic E-state index is 0.485. The maximum Gasteiger partial charge on any atom is 0.243 e. The Morgan fingerprint density at radius 1 is 0.852 bits per heavy atom. The molecule has 3 aromatic rings. The quantitative estimate of drug-likeness (QED) is 0.303. The summed E-state index contributed by atoms with van der Waals surface area (Å²) in [4.78, 5) is 0. The predicted molar refractivity (Wildman–Crippen MR) is 113 cm³/mol. The first-order valence-corrected chi connectivity index (χ1v) is 10.5. The molecule has 3 rings (SSSR count). The zero-order valence-electron chi connectivity index (χ0n) is 16.6. The lowest BCUT2D eigenvalue weighted by Crippen LogP contribution is -2.35. The van der Waals surface area contributed by atoms with E-state index in [1.54, 1.807) is 0 Å². The summed E-state index contributed by atoms with van der Waals surface area (Å²) in [6.45, 7) is 4.42. The highest BCUT2D eigenvalue weighted by molar-refractivity contribution is 5.23. The molecule has 27 heavy (non-hydrogen) atoms. The molecule has 0 spiro atoms. The normalized spacial score (nSPS) is 12.2. The Labute approximate surface area is 164 Å². The number of rotatable bonds is 11. The van der Waals surface area contributed by atoms with Crippen LogP contribution in [0.4, 0.5) is 0 Å². The number of aromatic nitrogens is 2. The molecule has 2 nitrogen and oxygen atoms in total. The SMILES string of the molecule is CCCCCCCn1cc[n+](CC(Cc2ccccc2)c2ccccc2)c1. The minimum atomic E-state index is 0.485. The fourth-order valence-electron chi connectivity index (χ4n) is 3.74. The molecule has 0 fully saturated rings. The van der Waals surface area contributed by atoms with Crippen molar-refractivity contribution < 1.29 is 4.57 Å². The van der Waals surface area contributed by atoms with Crippen LogP contribution in [0.25, 0.3) is 0 Å². The average Bonchev–Trinajstić information content (AvgIpc) is 3.16. The third kappa shape index (κ3) is 6.39. The Balaban J connectivity index is 1.62. The van der Waals surface area contributed by atoms with Gasteiger partial charge in [0, 0.05) is 5.92 Å². The smallest absolute Gasteiger partial charge is 0.237 e. The predicted octanol–water partition coefficient (Wildman–Crippen LogP) is 5.77. The van der Waals surface area contributed by atoms with Gasteiger partial charge in [-0.1, -0.05) is 86.8 Å². The molecule has 2 aromatic carbocycles. The van der Waals surface area contributed by atoms with E-state index in [-0.39, 0.29) is 0 Å². The molecule has 0 saturated carbocycles. The van der Waals surface area contributed by atoms with Crippen molar-refractivity contribution in [3.63, 3.8) is 0 Å². The molecule has 1 atom stereocenters. The number of imidazole rings is 1. The molecule has 0 saturated heterocycles. The molecule has 0 amide bonds. The molecule has 1 aromatic heterocycles. The number of hydrogen-bond donors (Lipinski definition) is 0. The van der Waals surface area contributed by atoms with E-state index in [1.165, 1.54) is 43.2 Å². The van der Waals surface area contributed by atoms with Gasteiger partial charge in [-0.15, -0.1) is 0 Å². The maximum absolute atomic E-state index is 2.35. The molecule has 0 aliphatic rings. The lowest BCUT2D eigenvalue weighted by Gasteiger charge is -2.15. The number of benzene rings is 2. The third-order valence-corrected chi connectivity index (χ3v) is 5.29. The van der Waals surface area contributed by atoms with E-state index in [0.717, 1.165) is 19.5 Å². The van der Waals surface area contributed by atoms with E-state index in [9.17, 15) is 0 Å². The highest BCUT2D eigenvalue weighted by Crippen LogP contribution is 2.21. The van der Waals surface area contributed by atoms with Gasteiger partial charge in [0.25, 0.3) is 0 Å². The number of unbranched alkanes of at least 4 members (excludes halogenated alkanes) is 4. The van der Waals surface area contributed by atoms with Crippen LogP contribution in [0, 0.1) is 0 Å². The highest BCUT2D eigenvalue weighted by Gasteiger charge is 2.16. The van der Waals surface area contributed by atoms with Gasteiger partial charge in [0.05, 0.1) is 13.1 Å². The summed E-state index contributed by atoms with van der Waals surface area (Å²) in [7, 11) is 0. The van der Waals surface area contributed by atoms with Crippen molar-refractivity contribution in [2.45, 2.75) is 64.5 Å². The number of hydrogen-bond acceptors (Lipinski definition) is 0. The molecule has 2 heteroatoms. The van der Waals surface area contributed by atoms with Gasteiger partial charge in [-0.2, -0.15) is 0 Å². The van der Waals surface area contributed by atoms with Crippen LogP contribution in [-0.4, -0.2) is 4.57 Å². The Morgan fingerprint density at radius 3 is 2.30 bits per heavy atom. The minimum Gasteiger partial charge on any atom is -0.237 e. The number of nitrogens with zero attached hydrogens (tertiary/aromatic N) is 2. The Hall–Kier alpha value is -2.35. The van der Waals surface area contributed by atoms with Crippen molar-refractivity contribution in [1.29, 1.82) is 0 Å². The molecule has 0 bridgehead atoms. The van der Waals surface area contributed by atoms with Crippen LogP contribution in [0.3, 0.4) is 0 Å². The van der Waals surface area contributed by atoms with Crippen LogP contribution in [0.2, 0.25) is 0 Å². The van der Waals surface area contributed by atoms with Gasteiger partial charge in [0.15, 0.2) is 0 Å². The van der Waals surface area contributed by atoms with Gasteiger partial charge in [-0.25, -0.2) is 9.13 Å². The second kappa shape index (κ2) is 10.7. The van der Waals surface area contributed by atoms with Crippen LogP contribution in [0.1, 0.15) is 56.1 Å². The highest BCUT2D eigenvalue weighted by atomic mass is 15.1. The molecule has 1 unspecified atom stereocenters. The second-order valence-corrected chi connectivity index (χ2v) is 7.56. The van der Waals surface area contributed by atoms with Crippen LogP contribution in [-0.2, 0) is 19.5 Å². The Kier molecular flexibility index (Phi) is 7.70. The van der Waals surface area contributed by atoms with Crippen molar-refractivity contribution in [3.8, 4) is 0 Å². The van der Waals surface area contributed by atoms with Crippen molar-refractivity contribution in [1.82, 2.24) is 4.57 Å². The number of aryl methyl sites for hydroxylation is 1. The Morgan fingerprint density at radius 2 is 1.56 bits per heavy atom. The summed E-state index contributed by atoms with van der Waals surface area (Å²) in [5.41, 5.74) is 2.82. The monoisotopic (exact) mass is 361 g/mol. The average molecular weight is 362 g/mol. The largest absolute Gasteiger partial charge is 0.243 e. The summed E-state index contributed by atoms with van der Waals surface area (Å²) in [6.07, 6.45) is 14.5. The lowest BCUT2D eigenvalue weighted by molar-refractivity contribution is -0.699. The van der Waals surface area contributed by atoms with E-state index < -0.39 is 0 Å². The Bertz CT molecular complexity index is 761. The fraction of sp³-hybridized carbons (Fsp3) is 0.400. The van der Waals surface area contributed by atoms with Gasteiger partial charge in [0.1, 0.15) is 12.4 Å². The van der Waals surface area contributed by atoms with Crippen molar-refractivity contribution in [2.75, 3.05) is 0 Å². The first-order chi connectivity index (χ1) is 13.3. The van der Waals surface area contributed by atoms with Crippen molar-refractivity contribution in [3.05, 3.63) is 90.5 Å². The molecule has 0 aliphatic carbocycles. The van der Waals surface area contributed by atoms with Gasteiger partial charge < -0.3 is 0 Å². The second-order valence-electron chi connectivity index (χ2n) is 7.56. The summed E-state index contributed by atoms with van der Waals surface area (Å²) in [6, 6.07) is 21.8. The molecular formula is C25H33N2+. The van der Waals surface area contributed by atoms with Crippen LogP contribution >= 0.6 is 0 Å². The fourth-order valence-corrected chi connectivity index (χ4v) is 3.74. The zero-order chi connectivity index (χ0) is 18.7. The van der Waals surface area contributed by atoms with E-state index in [1.807, 2.05) is 0 Å². The molecular weight excluding hydrogens is 328 g/mol. The first-order valence-electron chi connectivity index (χ1n) is 10.5.